The lowest BCUT2D eigenvalue weighted by molar-refractivity contribution is 0.324. The maximum atomic E-state index is 11.7. The lowest BCUT2D eigenvalue weighted by Crippen LogP contribution is -2.33. The summed E-state index contributed by atoms with van der Waals surface area (Å²) in [5, 5.41) is 0. The molecule has 112 valence electrons. The summed E-state index contributed by atoms with van der Waals surface area (Å²) < 4.78 is 29.6. The highest BCUT2D eigenvalue weighted by molar-refractivity contribution is 7.84. The first-order valence-corrected chi connectivity index (χ1v) is 8.86. The number of hydrogen-bond acceptors (Lipinski definition) is 3. The van der Waals surface area contributed by atoms with E-state index in [4.69, 9.17) is 0 Å². The second-order valence-electron chi connectivity index (χ2n) is 5.17. The van der Waals surface area contributed by atoms with Crippen molar-refractivity contribution in [2.45, 2.75) is 77.7 Å². The number of rotatable bonds is 10. The van der Waals surface area contributed by atoms with E-state index in [-0.39, 0.29) is 6.04 Å². The summed E-state index contributed by atoms with van der Waals surface area (Å²) in [6, 6.07) is 0.0605. The molecule has 5 heteroatoms. The first-order chi connectivity index (χ1) is 9.11. The summed E-state index contributed by atoms with van der Waals surface area (Å²) in [6.45, 7) is 4.33. The van der Waals surface area contributed by atoms with Crippen LogP contribution in [-0.4, -0.2) is 18.8 Å². The molecular formula is C14H27NO3S. The average Bonchev–Trinajstić information content (AvgIpc) is 2.72. The van der Waals surface area contributed by atoms with Gasteiger partial charge in [-0.3, -0.25) is 0 Å². The molecule has 0 spiro atoms. The lowest BCUT2D eigenvalue weighted by atomic mass is 10.0. The van der Waals surface area contributed by atoms with Crippen molar-refractivity contribution in [3.05, 3.63) is 12.5 Å². The minimum atomic E-state index is -3.54. The first-order valence-electron chi connectivity index (χ1n) is 7.50. The van der Waals surface area contributed by atoms with E-state index < -0.39 is 10.3 Å². The monoisotopic (exact) mass is 289 g/mol. The second-order valence-corrected chi connectivity index (χ2v) is 6.64. The van der Waals surface area contributed by atoms with Gasteiger partial charge in [0, 0.05) is 6.04 Å². The Kier molecular flexibility index (Phi) is 7.28. The Morgan fingerprint density at radius 3 is 2.21 bits per heavy atom. The summed E-state index contributed by atoms with van der Waals surface area (Å²) in [5.74, 6) is 0. The number of unbranched alkanes of at least 4 members (excludes halogenated alkanes) is 5. The minimum Gasteiger partial charge on any atom is -0.373 e. The smallest absolute Gasteiger partial charge is 0.373 e. The Morgan fingerprint density at radius 1 is 1.00 bits per heavy atom. The van der Waals surface area contributed by atoms with Crippen LogP contribution in [-0.2, 0) is 14.5 Å². The van der Waals surface area contributed by atoms with Crippen LogP contribution in [0.2, 0.25) is 0 Å². The fraction of sp³-hybridized carbons (Fsp3) is 0.857. The molecule has 1 heterocycles. The van der Waals surface area contributed by atoms with Crippen LogP contribution in [0, 0.1) is 0 Å². The van der Waals surface area contributed by atoms with E-state index in [1.165, 1.54) is 36.3 Å². The molecule has 1 rings (SSSR count). The molecule has 1 aliphatic heterocycles. The van der Waals surface area contributed by atoms with Gasteiger partial charge in [0.25, 0.3) is 0 Å². The Bertz CT molecular complexity index is 365. The van der Waals surface area contributed by atoms with Crippen molar-refractivity contribution in [1.29, 1.82) is 0 Å². The van der Waals surface area contributed by atoms with Crippen molar-refractivity contribution in [2.75, 3.05) is 0 Å². The van der Waals surface area contributed by atoms with Gasteiger partial charge in [-0.15, -0.1) is 0 Å². The molecule has 0 aromatic carbocycles. The van der Waals surface area contributed by atoms with Crippen LogP contribution in [0.15, 0.2) is 12.5 Å². The Morgan fingerprint density at radius 2 is 1.63 bits per heavy atom. The van der Waals surface area contributed by atoms with Crippen LogP contribution in [0.1, 0.15) is 71.6 Å². The molecule has 0 radical (unpaired) electrons. The Balaban J connectivity index is 2.45. The normalized spacial score (nSPS) is 18.5. The standard InChI is InChI=1S/C14H27NO3S/c1-3-5-7-8-9-11-14(10-6-4-2)15-12-13-18-19(15,16)17/h12-14H,3-11H2,1-2H3. The van der Waals surface area contributed by atoms with Gasteiger partial charge in [0.1, 0.15) is 6.26 Å². The molecule has 0 amide bonds. The third-order valence-corrected chi connectivity index (χ3v) is 4.83. The van der Waals surface area contributed by atoms with E-state index in [2.05, 4.69) is 18.0 Å². The predicted molar refractivity (Wildman–Crippen MR) is 77.7 cm³/mol. The zero-order valence-corrected chi connectivity index (χ0v) is 13.0. The van der Waals surface area contributed by atoms with Crippen LogP contribution in [0.4, 0.5) is 0 Å². The fourth-order valence-corrected chi connectivity index (χ4v) is 3.47. The van der Waals surface area contributed by atoms with E-state index in [1.807, 2.05) is 0 Å². The number of hydrogen-bond donors (Lipinski definition) is 0. The maximum absolute atomic E-state index is 11.7. The predicted octanol–water partition coefficient (Wildman–Crippen LogP) is 3.95. The molecule has 0 aromatic heterocycles. The molecule has 0 aliphatic carbocycles. The van der Waals surface area contributed by atoms with Gasteiger partial charge in [0.2, 0.25) is 0 Å². The zero-order valence-electron chi connectivity index (χ0n) is 12.2. The van der Waals surface area contributed by atoms with Gasteiger partial charge in [0.05, 0.1) is 6.20 Å². The Labute approximate surface area is 118 Å². The molecule has 1 atom stereocenters. The summed E-state index contributed by atoms with van der Waals surface area (Å²) >= 11 is 0. The van der Waals surface area contributed by atoms with Gasteiger partial charge >= 0.3 is 10.3 Å². The van der Waals surface area contributed by atoms with E-state index in [0.717, 1.165) is 32.1 Å². The Hall–Kier alpha value is -0.710. The minimum absolute atomic E-state index is 0.0605. The lowest BCUT2D eigenvalue weighted by Gasteiger charge is -2.25. The van der Waals surface area contributed by atoms with Gasteiger partial charge in [-0.2, -0.15) is 8.42 Å². The van der Waals surface area contributed by atoms with E-state index in [9.17, 15) is 8.42 Å². The highest BCUT2D eigenvalue weighted by Gasteiger charge is 2.30. The van der Waals surface area contributed by atoms with Crippen molar-refractivity contribution >= 4 is 10.3 Å². The van der Waals surface area contributed by atoms with Crippen LogP contribution in [0.25, 0.3) is 0 Å². The highest BCUT2D eigenvalue weighted by atomic mass is 32.2. The van der Waals surface area contributed by atoms with Crippen LogP contribution < -0.4 is 0 Å². The zero-order chi connectivity index (χ0) is 14.1. The molecular weight excluding hydrogens is 262 g/mol. The molecule has 0 N–H and O–H groups in total. The van der Waals surface area contributed by atoms with Crippen LogP contribution in [0.3, 0.4) is 0 Å². The van der Waals surface area contributed by atoms with Crippen LogP contribution >= 0.6 is 0 Å². The molecule has 0 aromatic rings. The fourth-order valence-electron chi connectivity index (χ4n) is 2.41. The summed E-state index contributed by atoms with van der Waals surface area (Å²) in [7, 11) is -3.54. The van der Waals surface area contributed by atoms with Crippen LogP contribution in [0.5, 0.6) is 0 Å². The van der Waals surface area contributed by atoms with Gasteiger partial charge in [-0.1, -0.05) is 58.8 Å². The molecule has 0 fully saturated rings. The summed E-state index contributed by atoms with van der Waals surface area (Å²) in [5.41, 5.74) is 0. The van der Waals surface area contributed by atoms with E-state index >= 15 is 0 Å². The third-order valence-electron chi connectivity index (χ3n) is 3.53. The van der Waals surface area contributed by atoms with Crippen molar-refractivity contribution < 1.29 is 12.6 Å². The van der Waals surface area contributed by atoms with E-state index in [1.54, 1.807) is 6.20 Å². The maximum Gasteiger partial charge on any atom is 0.409 e. The number of nitrogens with zero attached hydrogens (tertiary/aromatic N) is 1. The van der Waals surface area contributed by atoms with Crippen molar-refractivity contribution in [3.63, 3.8) is 0 Å². The molecule has 0 bridgehead atoms. The van der Waals surface area contributed by atoms with Gasteiger partial charge in [0.15, 0.2) is 0 Å². The van der Waals surface area contributed by atoms with Crippen molar-refractivity contribution in [1.82, 2.24) is 4.31 Å². The summed E-state index contributed by atoms with van der Waals surface area (Å²) in [6.07, 6.45) is 12.8. The third kappa shape index (κ3) is 5.43. The largest absolute Gasteiger partial charge is 0.409 e. The highest BCUT2D eigenvalue weighted by Crippen LogP contribution is 2.24. The second kappa shape index (κ2) is 8.46. The van der Waals surface area contributed by atoms with Gasteiger partial charge in [-0.25, -0.2) is 4.31 Å². The topological polar surface area (TPSA) is 46.6 Å². The molecule has 1 aliphatic rings. The molecule has 19 heavy (non-hydrogen) atoms. The van der Waals surface area contributed by atoms with Crippen molar-refractivity contribution in [3.8, 4) is 0 Å². The molecule has 1 unspecified atom stereocenters. The van der Waals surface area contributed by atoms with Crippen molar-refractivity contribution in [2.24, 2.45) is 0 Å². The SMILES string of the molecule is CCCCCCCC(CCCC)N1C=COS1(=O)=O. The van der Waals surface area contributed by atoms with Gasteiger partial charge < -0.3 is 4.18 Å². The quantitative estimate of drug-likeness (QED) is 0.572. The molecule has 0 saturated carbocycles. The van der Waals surface area contributed by atoms with E-state index in [0.29, 0.717) is 0 Å². The first kappa shape index (κ1) is 16.3. The molecule has 4 nitrogen and oxygen atoms in total. The summed E-state index contributed by atoms with van der Waals surface area (Å²) in [4.78, 5) is 0. The molecule has 0 saturated heterocycles. The average molecular weight is 289 g/mol. The van der Waals surface area contributed by atoms with Gasteiger partial charge in [-0.05, 0) is 12.8 Å².